The minimum atomic E-state index is 0.322. The maximum absolute atomic E-state index is 5.38. The molecule has 0 spiro atoms. The molecular formula is C13H22N2O. The van der Waals surface area contributed by atoms with Crippen molar-refractivity contribution in [3.05, 3.63) is 24.2 Å². The second kappa shape index (κ2) is 5.51. The molecule has 1 fully saturated rings. The normalized spacial score (nSPS) is 24.5. The summed E-state index contributed by atoms with van der Waals surface area (Å²) in [7, 11) is 2.21. The van der Waals surface area contributed by atoms with Gasteiger partial charge in [0.1, 0.15) is 5.76 Å². The smallest absolute Gasteiger partial charge is 0.120 e. The average Bonchev–Trinajstić information content (AvgIpc) is 2.79. The Morgan fingerprint density at radius 2 is 2.50 bits per heavy atom. The standard InChI is InChI=1S/C13H22N2O/c1-11(13-6-4-8-16-13)14-9-12-5-3-7-15(2)10-12/h4,6,8,11-12,14H,3,5,7,9-10H2,1-2H3. The summed E-state index contributed by atoms with van der Waals surface area (Å²) in [6.07, 6.45) is 4.42. The minimum Gasteiger partial charge on any atom is -0.468 e. The molecule has 0 radical (unpaired) electrons. The molecule has 2 unspecified atom stereocenters. The van der Waals surface area contributed by atoms with Crippen LogP contribution >= 0.6 is 0 Å². The predicted octanol–water partition coefficient (Wildman–Crippen LogP) is 2.27. The zero-order chi connectivity index (χ0) is 11.4. The quantitative estimate of drug-likeness (QED) is 0.847. The van der Waals surface area contributed by atoms with Gasteiger partial charge in [-0.05, 0) is 58.0 Å². The first-order chi connectivity index (χ1) is 7.75. The molecule has 0 saturated carbocycles. The summed E-state index contributed by atoms with van der Waals surface area (Å²) in [5, 5.41) is 3.55. The largest absolute Gasteiger partial charge is 0.468 e. The van der Waals surface area contributed by atoms with Crippen molar-refractivity contribution in [1.82, 2.24) is 10.2 Å². The van der Waals surface area contributed by atoms with E-state index in [2.05, 4.69) is 24.2 Å². The lowest BCUT2D eigenvalue weighted by molar-refractivity contribution is 0.202. The molecule has 2 atom stereocenters. The number of nitrogens with zero attached hydrogens (tertiary/aromatic N) is 1. The van der Waals surface area contributed by atoms with E-state index in [1.165, 1.54) is 25.9 Å². The number of piperidine rings is 1. The summed E-state index contributed by atoms with van der Waals surface area (Å²) in [6, 6.07) is 4.30. The molecule has 90 valence electrons. The number of likely N-dealkylation sites (tertiary alicyclic amines) is 1. The maximum atomic E-state index is 5.38. The molecule has 1 aromatic heterocycles. The lowest BCUT2D eigenvalue weighted by Crippen LogP contribution is -2.37. The van der Waals surface area contributed by atoms with Crippen molar-refractivity contribution in [2.45, 2.75) is 25.8 Å². The summed E-state index contributed by atoms with van der Waals surface area (Å²) in [4.78, 5) is 2.42. The highest BCUT2D eigenvalue weighted by Crippen LogP contribution is 2.17. The molecule has 3 heteroatoms. The molecule has 0 amide bonds. The highest BCUT2D eigenvalue weighted by atomic mass is 16.3. The van der Waals surface area contributed by atoms with Crippen LogP contribution in [0.1, 0.15) is 31.6 Å². The Morgan fingerprint density at radius 1 is 1.62 bits per heavy atom. The second-order valence-corrected chi connectivity index (χ2v) is 4.92. The van der Waals surface area contributed by atoms with Gasteiger partial charge in [-0.25, -0.2) is 0 Å². The van der Waals surface area contributed by atoms with E-state index in [0.717, 1.165) is 18.2 Å². The lowest BCUT2D eigenvalue weighted by Gasteiger charge is -2.30. The maximum Gasteiger partial charge on any atom is 0.120 e. The van der Waals surface area contributed by atoms with E-state index in [9.17, 15) is 0 Å². The fourth-order valence-electron chi connectivity index (χ4n) is 2.42. The number of hydrogen-bond donors (Lipinski definition) is 1. The first-order valence-corrected chi connectivity index (χ1v) is 6.21. The van der Waals surface area contributed by atoms with Gasteiger partial charge in [0.15, 0.2) is 0 Å². The Balaban J connectivity index is 1.74. The fraction of sp³-hybridized carbons (Fsp3) is 0.692. The fourth-order valence-corrected chi connectivity index (χ4v) is 2.42. The first-order valence-electron chi connectivity index (χ1n) is 6.21. The number of rotatable bonds is 4. The Bertz CT molecular complexity index is 297. The van der Waals surface area contributed by atoms with Crippen LogP contribution in [0.25, 0.3) is 0 Å². The third-order valence-corrected chi connectivity index (χ3v) is 3.40. The zero-order valence-corrected chi connectivity index (χ0v) is 10.3. The zero-order valence-electron chi connectivity index (χ0n) is 10.3. The number of hydrogen-bond acceptors (Lipinski definition) is 3. The van der Waals surface area contributed by atoms with E-state index < -0.39 is 0 Å². The summed E-state index contributed by atoms with van der Waals surface area (Å²) in [5.41, 5.74) is 0. The molecule has 2 rings (SSSR count). The Kier molecular flexibility index (Phi) is 4.02. The predicted molar refractivity (Wildman–Crippen MR) is 65.3 cm³/mol. The van der Waals surface area contributed by atoms with Gasteiger partial charge in [0, 0.05) is 6.54 Å². The van der Waals surface area contributed by atoms with E-state index in [0.29, 0.717) is 6.04 Å². The third kappa shape index (κ3) is 3.09. The molecule has 1 N–H and O–H groups in total. The highest BCUT2D eigenvalue weighted by Gasteiger charge is 2.18. The van der Waals surface area contributed by atoms with Crippen LogP contribution in [0.15, 0.2) is 22.8 Å². The van der Waals surface area contributed by atoms with Crippen molar-refractivity contribution < 1.29 is 4.42 Å². The van der Waals surface area contributed by atoms with Crippen LogP contribution in [-0.4, -0.2) is 31.6 Å². The second-order valence-electron chi connectivity index (χ2n) is 4.92. The van der Waals surface area contributed by atoms with Crippen molar-refractivity contribution in [3.8, 4) is 0 Å². The molecular weight excluding hydrogens is 200 g/mol. The Morgan fingerprint density at radius 3 is 3.19 bits per heavy atom. The average molecular weight is 222 g/mol. The molecule has 1 aromatic rings. The Hall–Kier alpha value is -0.800. The summed E-state index contributed by atoms with van der Waals surface area (Å²) < 4.78 is 5.38. The molecule has 0 bridgehead atoms. The number of nitrogens with one attached hydrogen (secondary N) is 1. The molecule has 16 heavy (non-hydrogen) atoms. The lowest BCUT2D eigenvalue weighted by atomic mass is 9.98. The SMILES string of the molecule is CC(NCC1CCCN(C)C1)c1ccco1. The van der Waals surface area contributed by atoms with Crippen LogP contribution in [0.3, 0.4) is 0 Å². The number of furan rings is 1. The molecule has 3 nitrogen and oxygen atoms in total. The molecule has 1 saturated heterocycles. The van der Waals surface area contributed by atoms with E-state index in [4.69, 9.17) is 4.42 Å². The van der Waals surface area contributed by atoms with Crippen molar-refractivity contribution in [3.63, 3.8) is 0 Å². The van der Waals surface area contributed by atoms with Crippen LogP contribution in [0.5, 0.6) is 0 Å². The van der Waals surface area contributed by atoms with E-state index in [-0.39, 0.29) is 0 Å². The van der Waals surface area contributed by atoms with Crippen molar-refractivity contribution >= 4 is 0 Å². The van der Waals surface area contributed by atoms with Crippen LogP contribution in [-0.2, 0) is 0 Å². The molecule has 1 aliphatic heterocycles. The third-order valence-electron chi connectivity index (χ3n) is 3.40. The Labute approximate surface area is 97.8 Å². The van der Waals surface area contributed by atoms with Crippen molar-refractivity contribution in [2.75, 3.05) is 26.7 Å². The van der Waals surface area contributed by atoms with Gasteiger partial charge in [-0.15, -0.1) is 0 Å². The van der Waals surface area contributed by atoms with Crippen LogP contribution in [0.2, 0.25) is 0 Å². The summed E-state index contributed by atoms with van der Waals surface area (Å²) >= 11 is 0. The molecule has 0 aliphatic carbocycles. The summed E-state index contributed by atoms with van der Waals surface area (Å²) in [6.45, 7) is 5.72. The van der Waals surface area contributed by atoms with Gasteiger partial charge in [-0.3, -0.25) is 0 Å². The highest BCUT2D eigenvalue weighted by molar-refractivity contribution is 5.02. The van der Waals surface area contributed by atoms with Gasteiger partial charge in [0.05, 0.1) is 12.3 Å². The van der Waals surface area contributed by atoms with E-state index >= 15 is 0 Å². The van der Waals surface area contributed by atoms with Crippen molar-refractivity contribution in [2.24, 2.45) is 5.92 Å². The summed E-state index contributed by atoms with van der Waals surface area (Å²) in [5.74, 6) is 1.82. The van der Waals surface area contributed by atoms with Gasteiger partial charge >= 0.3 is 0 Å². The van der Waals surface area contributed by atoms with E-state index in [1.807, 2.05) is 12.1 Å². The van der Waals surface area contributed by atoms with E-state index in [1.54, 1.807) is 6.26 Å². The van der Waals surface area contributed by atoms with Gasteiger partial charge < -0.3 is 14.6 Å². The first kappa shape index (κ1) is 11.7. The molecule has 2 heterocycles. The van der Waals surface area contributed by atoms with Gasteiger partial charge in [-0.2, -0.15) is 0 Å². The molecule has 0 aromatic carbocycles. The van der Waals surface area contributed by atoms with Crippen LogP contribution in [0.4, 0.5) is 0 Å². The van der Waals surface area contributed by atoms with Crippen LogP contribution < -0.4 is 5.32 Å². The molecule has 1 aliphatic rings. The monoisotopic (exact) mass is 222 g/mol. The van der Waals surface area contributed by atoms with Gasteiger partial charge in [-0.1, -0.05) is 0 Å². The van der Waals surface area contributed by atoms with Crippen LogP contribution in [0, 0.1) is 5.92 Å². The van der Waals surface area contributed by atoms with Gasteiger partial charge in [0.25, 0.3) is 0 Å². The minimum absolute atomic E-state index is 0.322. The topological polar surface area (TPSA) is 28.4 Å². The van der Waals surface area contributed by atoms with Gasteiger partial charge in [0.2, 0.25) is 0 Å². The van der Waals surface area contributed by atoms with Crippen molar-refractivity contribution in [1.29, 1.82) is 0 Å².